The average Bonchev–Trinajstić information content (AvgIpc) is 3.44. The lowest BCUT2D eigenvalue weighted by atomic mass is 9.98. The summed E-state index contributed by atoms with van der Waals surface area (Å²) in [5, 5.41) is 8.47. The lowest BCUT2D eigenvalue weighted by molar-refractivity contribution is 1.09. The topological polar surface area (TPSA) is 96.3 Å². The number of pyridine rings is 2. The molecule has 6 nitrogen and oxygen atoms in total. The molecule has 4 rings (SSSR count). The fourth-order valence-corrected chi connectivity index (χ4v) is 3.80. The lowest BCUT2D eigenvalue weighted by Gasteiger charge is -2.06. The quantitative estimate of drug-likeness (QED) is 0.325. The molecule has 4 aromatic rings. The van der Waals surface area contributed by atoms with Gasteiger partial charge < -0.3 is 10.7 Å². The van der Waals surface area contributed by atoms with Gasteiger partial charge in [0.15, 0.2) is 5.65 Å². The second-order valence-corrected chi connectivity index (χ2v) is 7.56. The molecule has 0 radical (unpaired) electrons. The fourth-order valence-electron chi connectivity index (χ4n) is 3.80. The summed E-state index contributed by atoms with van der Waals surface area (Å²) in [6.45, 7) is 11.6. The number of aromatic nitrogens is 5. The van der Waals surface area contributed by atoms with E-state index in [1.165, 1.54) is 0 Å². The minimum absolute atomic E-state index is 0.595. The van der Waals surface area contributed by atoms with Crippen LogP contribution in [0.2, 0.25) is 0 Å². The second kappa shape index (κ2) is 9.36. The van der Waals surface area contributed by atoms with Crippen molar-refractivity contribution < 1.29 is 0 Å². The Hall–Kier alpha value is -4.45. The Kier molecular flexibility index (Phi) is 6.17. The summed E-state index contributed by atoms with van der Waals surface area (Å²) in [5.74, 6) is 0. The number of nitrogens with zero attached hydrogens (tertiary/aromatic N) is 3. The molecule has 0 aromatic carbocycles. The van der Waals surface area contributed by atoms with Gasteiger partial charge in [0.05, 0.1) is 11.4 Å². The molecule has 4 aromatic heterocycles. The standard InChI is InChI=1S/C27H26N6/c1-5-8-22(19-9-11-29-12-10-19)23-15-25(31-17(23)4)26-24-14-20(16-30-27(24)33-32-26)18(6-2)13-21(28)7-3/h5-16,31H,1,3,28H2,2,4H3,(H,30,32,33)/b18-6+,21-13+,22-8-. The first-order chi connectivity index (χ1) is 16.0. The van der Waals surface area contributed by atoms with Crippen molar-refractivity contribution in [1.82, 2.24) is 25.1 Å². The molecule has 0 saturated carbocycles. The van der Waals surface area contributed by atoms with Crippen molar-refractivity contribution in [3.8, 4) is 11.4 Å². The molecular formula is C27H26N6. The van der Waals surface area contributed by atoms with E-state index in [-0.39, 0.29) is 0 Å². The molecule has 0 aliphatic heterocycles. The van der Waals surface area contributed by atoms with Gasteiger partial charge in [-0.25, -0.2) is 4.98 Å². The summed E-state index contributed by atoms with van der Waals surface area (Å²) in [5.41, 5.74) is 15.2. The number of hydrogen-bond acceptors (Lipinski definition) is 4. The Morgan fingerprint density at radius 3 is 2.61 bits per heavy atom. The maximum absolute atomic E-state index is 5.96. The molecule has 0 saturated heterocycles. The van der Waals surface area contributed by atoms with Gasteiger partial charge in [-0.05, 0) is 67.0 Å². The van der Waals surface area contributed by atoms with Crippen LogP contribution in [0.1, 0.15) is 29.3 Å². The SMILES string of the molecule is C=C/C=C(/c1ccncc1)c1cc(-c2[nH]nc3ncc(C(/C=C(/N)C=C)=C/C)cc23)[nH]c1C. The zero-order valence-corrected chi connectivity index (χ0v) is 18.8. The third kappa shape index (κ3) is 4.32. The Morgan fingerprint density at radius 2 is 1.91 bits per heavy atom. The van der Waals surface area contributed by atoms with Crippen molar-refractivity contribution >= 4 is 22.2 Å². The van der Waals surface area contributed by atoms with Gasteiger partial charge in [0.1, 0.15) is 0 Å². The first kappa shape index (κ1) is 21.8. The Balaban J connectivity index is 1.81. The molecule has 6 heteroatoms. The zero-order chi connectivity index (χ0) is 23.4. The Morgan fingerprint density at radius 1 is 1.12 bits per heavy atom. The molecule has 4 heterocycles. The predicted octanol–water partition coefficient (Wildman–Crippen LogP) is 5.71. The van der Waals surface area contributed by atoms with Crippen molar-refractivity contribution in [2.24, 2.45) is 5.73 Å². The normalized spacial score (nSPS) is 12.8. The highest BCUT2D eigenvalue weighted by Crippen LogP contribution is 2.33. The molecule has 0 amide bonds. The van der Waals surface area contributed by atoms with Crippen molar-refractivity contribution in [2.75, 3.05) is 0 Å². The van der Waals surface area contributed by atoms with Gasteiger partial charge in [-0.1, -0.05) is 31.4 Å². The number of aryl methyl sites for hydroxylation is 1. The summed E-state index contributed by atoms with van der Waals surface area (Å²) in [7, 11) is 0. The van der Waals surface area contributed by atoms with Gasteiger partial charge >= 0.3 is 0 Å². The molecule has 0 atom stereocenters. The number of allylic oxidation sites excluding steroid dienone is 6. The zero-order valence-electron chi connectivity index (χ0n) is 18.8. The van der Waals surface area contributed by atoms with Crippen LogP contribution in [0.3, 0.4) is 0 Å². The summed E-state index contributed by atoms with van der Waals surface area (Å²) in [6.07, 6.45) is 14.7. The van der Waals surface area contributed by atoms with E-state index in [1.54, 1.807) is 30.7 Å². The van der Waals surface area contributed by atoms with Crippen LogP contribution in [0.5, 0.6) is 0 Å². The summed E-state index contributed by atoms with van der Waals surface area (Å²) >= 11 is 0. The van der Waals surface area contributed by atoms with E-state index < -0.39 is 0 Å². The number of aromatic amines is 2. The Labute approximate surface area is 193 Å². The molecular weight excluding hydrogens is 408 g/mol. The Bertz CT molecular complexity index is 1410. The third-order valence-electron chi connectivity index (χ3n) is 5.46. The van der Waals surface area contributed by atoms with Gasteiger partial charge in [0.2, 0.25) is 0 Å². The second-order valence-electron chi connectivity index (χ2n) is 7.56. The highest BCUT2D eigenvalue weighted by Gasteiger charge is 2.16. The number of nitrogens with two attached hydrogens (primary N) is 1. The minimum Gasteiger partial charge on any atom is -0.399 e. The predicted molar refractivity (Wildman–Crippen MR) is 136 cm³/mol. The van der Waals surface area contributed by atoms with Gasteiger partial charge in [-0.15, -0.1) is 0 Å². The van der Waals surface area contributed by atoms with E-state index in [0.29, 0.717) is 11.3 Å². The van der Waals surface area contributed by atoms with Crippen molar-refractivity contribution in [3.63, 3.8) is 0 Å². The molecule has 0 unspecified atom stereocenters. The number of rotatable bonds is 7. The maximum atomic E-state index is 5.96. The molecule has 0 aliphatic carbocycles. The maximum Gasteiger partial charge on any atom is 0.181 e. The van der Waals surface area contributed by atoms with E-state index in [9.17, 15) is 0 Å². The van der Waals surface area contributed by atoms with E-state index in [0.717, 1.165) is 50.3 Å². The highest BCUT2D eigenvalue weighted by atomic mass is 15.2. The van der Waals surface area contributed by atoms with E-state index >= 15 is 0 Å². The number of nitrogens with one attached hydrogen (secondary N) is 2. The summed E-state index contributed by atoms with van der Waals surface area (Å²) in [4.78, 5) is 12.2. The van der Waals surface area contributed by atoms with Crippen molar-refractivity contribution in [1.29, 1.82) is 0 Å². The fraction of sp³-hybridized carbons (Fsp3) is 0.0741. The summed E-state index contributed by atoms with van der Waals surface area (Å²) in [6, 6.07) is 8.17. The third-order valence-corrected chi connectivity index (χ3v) is 5.46. The van der Waals surface area contributed by atoms with Crippen LogP contribution < -0.4 is 5.73 Å². The van der Waals surface area contributed by atoms with Gasteiger partial charge in [-0.2, -0.15) is 5.10 Å². The smallest absolute Gasteiger partial charge is 0.181 e. The number of H-pyrrole nitrogens is 2. The van der Waals surface area contributed by atoms with Crippen LogP contribution in [0.25, 0.3) is 33.6 Å². The number of hydrogen-bond donors (Lipinski definition) is 3. The van der Waals surface area contributed by atoms with Crippen LogP contribution in [0.15, 0.2) is 92.1 Å². The van der Waals surface area contributed by atoms with Crippen LogP contribution >= 0.6 is 0 Å². The molecule has 0 aliphatic rings. The molecule has 4 N–H and O–H groups in total. The molecule has 0 bridgehead atoms. The van der Waals surface area contributed by atoms with Crippen LogP contribution in [0.4, 0.5) is 0 Å². The molecule has 0 fully saturated rings. The van der Waals surface area contributed by atoms with Crippen LogP contribution in [-0.4, -0.2) is 25.1 Å². The van der Waals surface area contributed by atoms with Crippen molar-refractivity contribution in [2.45, 2.75) is 13.8 Å². The highest BCUT2D eigenvalue weighted by molar-refractivity contribution is 5.94. The lowest BCUT2D eigenvalue weighted by Crippen LogP contribution is -1.94. The number of fused-ring (bicyclic) bond motifs is 1. The van der Waals surface area contributed by atoms with E-state index in [4.69, 9.17) is 5.73 Å². The van der Waals surface area contributed by atoms with Crippen molar-refractivity contribution in [3.05, 3.63) is 114 Å². The molecule has 164 valence electrons. The average molecular weight is 435 g/mol. The van der Waals surface area contributed by atoms with E-state index in [2.05, 4.69) is 57.4 Å². The summed E-state index contributed by atoms with van der Waals surface area (Å²) < 4.78 is 0. The first-order valence-corrected chi connectivity index (χ1v) is 10.6. The van der Waals surface area contributed by atoms with Gasteiger partial charge in [-0.3, -0.25) is 10.1 Å². The molecule has 33 heavy (non-hydrogen) atoms. The van der Waals surface area contributed by atoms with Crippen LogP contribution in [0, 0.1) is 6.92 Å². The van der Waals surface area contributed by atoms with Gasteiger partial charge in [0.25, 0.3) is 0 Å². The monoisotopic (exact) mass is 434 g/mol. The van der Waals surface area contributed by atoms with Crippen LogP contribution in [-0.2, 0) is 0 Å². The largest absolute Gasteiger partial charge is 0.399 e. The van der Waals surface area contributed by atoms with E-state index in [1.807, 2.05) is 37.3 Å². The van der Waals surface area contributed by atoms with Gasteiger partial charge in [0, 0.05) is 46.5 Å². The molecule has 0 spiro atoms. The first-order valence-electron chi connectivity index (χ1n) is 10.6. The minimum atomic E-state index is 0.595.